The van der Waals surface area contributed by atoms with Crippen molar-refractivity contribution in [2.24, 2.45) is 0 Å². The summed E-state index contributed by atoms with van der Waals surface area (Å²) in [5, 5.41) is 0. The molecule has 2 atom stereocenters. The summed E-state index contributed by atoms with van der Waals surface area (Å²) in [6.45, 7) is 0. The highest BCUT2D eigenvalue weighted by atomic mass is 79.9. The smallest absolute Gasteiger partial charge is 0.202 e. The van der Waals surface area contributed by atoms with Crippen molar-refractivity contribution in [1.82, 2.24) is 0 Å². The van der Waals surface area contributed by atoms with Gasteiger partial charge in [0.2, 0.25) is 11.4 Å². The van der Waals surface area contributed by atoms with Gasteiger partial charge in [0.15, 0.2) is 12.4 Å². The molecular formula is C12H12Br2N2. The molecule has 16 heavy (non-hydrogen) atoms. The average molecular weight is 344 g/mol. The second-order valence-corrected chi connectivity index (χ2v) is 3.51. The monoisotopic (exact) mass is 342 g/mol. The van der Waals surface area contributed by atoms with Gasteiger partial charge in [-0.3, -0.25) is 0 Å². The zero-order valence-corrected chi connectivity index (χ0v) is 11.7. The minimum atomic E-state index is 0. The zero-order valence-electron chi connectivity index (χ0n) is 8.53. The van der Waals surface area contributed by atoms with Gasteiger partial charge >= 0.3 is 0 Å². The van der Waals surface area contributed by atoms with Gasteiger partial charge in [0.05, 0.1) is 0 Å². The molecule has 0 aliphatic carbocycles. The quantitative estimate of drug-likeness (QED) is 0.433. The van der Waals surface area contributed by atoms with Crippen LogP contribution in [0, 0.1) is 0 Å². The number of quaternary nitrogens is 2. The van der Waals surface area contributed by atoms with Crippen molar-refractivity contribution in [2.45, 2.75) is 0 Å². The predicted octanol–water partition coefficient (Wildman–Crippen LogP) is -6.37. The molecule has 3 aliphatic heterocycles. The van der Waals surface area contributed by atoms with E-state index in [0.717, 1.165) is 0 Å². The van der Waals surface area contributed by atoms with E-state index in [-0.39, 0.29) is 34.0 Å². The van der Waals surface area contributed by atoms with E-state index < -0.39 is 0 Å². The highest BCUT2D eigenvalue weighted by Gasteiger charge is 2.27. The van der Waals surface area contributed by atoms with Gasteiger partial charge in [0, 0.05) is 12.2 Å². The van der Waals surface area contributed by atoms with E-state index in [1.165, 1.54) is 21.2 Å². The van der Waals surface area contributed by atoms with E-state index in [2.05, 4.69) is 61.3 Å². The fraction of sp³-hybridized carbons (Fsp3) is 0. The lowest BCUT2D eigenvalue weighted by molar-refractivity contribution is -0.811. The lowest BCUT2D eigenvalue weighted by atomic mass is 10.1. The second-order valence-electron chi connectivity index (χ2n) is 3.51. The van der Waals surface area contributed by atoms with Crippen LogP contribution >= 0.6 is 0 Å². The Bertz CT molecular complexity index is 402. The van der Waals surface area contributed by atoms with Crippen LogP contribution in [-0.2, 0) is 0 Å². The Balaban J connectivity index is 0.000000640. The first-order chi connectivity index (χ1) is 6.95. The Labute approximate surface area is 116 Å². The Morgan fingerprint density at radius 1 is 0.562 bits per heavy atom. The average Bonchev–Trinajstić information content (AvgIpc) is 2.29. The fourth-order valence-corrected chi connectivity index (χ4v) is 1.95. The lowest BCUT2D eigenvalue weighted by Crippen LogP contribution is -3.11. The van der Waals surface area contributed by atoms with Gasteiger partial charge in [-0.25, -0.2) is 9.80 Å². The summed E-state index contributed by atoms with van der Waals surface area (Å²) in [6.07, 6.45) is 21.4. The molecule has 0 aromatic rings. The molecule has 84 valence electrons. The van der Waals surface area contributed by atoms with Crippen molar-refractivity contribution in [3.63, 3.8) is 0 Å². The van der Waals surface area contributed by atoms with Crippen LogP contribution in [0.3, 0.4) is 0 Å². The molecule has 0 radical (unpaired) electrons. The van der Waals surface area contributed by atoms with Gasteiger partial charge < -0.3 is 34.0 Å². The second kappa shape index (κ2) is 5.59. The highest BCUT2D eigenvalue weighted by Crippen LogP contribution is 2.04. The van der Waals surface area contributed by atoms with Crippen LogP contribution in [0.25, 0.3) is 0 Å². The van der Waals surface area contributed by atoms with Gasteiger partial charge in [-0.2, -0.15) is 0 Å². The lowest BCUT2D eigenvalue weighted by Gasteiger charge is -2.22. The molecule has 4 heteroatoms. The largest absolute Gasteiger partial charge is 1.00 e. The van der Waals surface area contributed by atoms with Crippen LogP contribution < -0.4 is 43.8 Å². The maximum atomic E-state index is 2.18. The zero-order chi connectivity index (χ0) is 9.38. The minimum absolute atomic E-state index is 0. The summed E-state index contributed by atoms with van der Waals surface area (Å²) in [5.41, 5.74) is 2.68. The summed E-state index contributed by atoms with van der Waals surface area (Å²) in [6, 6.07) is 0. The first kappa shape index (κ1) is 13.4. The van der Waals surface area contributed by atoms with Crippen LogP contribution in [-0.4, -0.2) is 0 Å². The van der Waals surface area contributed by atoms with Crippen LogP contribution in [0.5, 0.6) is 0 Å². The molecular weight excluding hydrogens is 332 g/mol. The molecule has 3 aliphatic rings. The summed E-state index contributed by atoms with van der Waals surface area (Å²) in [5.74, 6) is 0. The van der Waals surface area contributed by atoms with Crippen molar-refractivity contribution in [3.8, 4) is 0 Å². The predicted molar refractivity (Wildman–Crippen MR) is 54.7 cm³/mol. The Morgan fingerprint density at radius 2 is 1.00 bits per heavy atom. The SMILES string of the molecule is C1=CC2=C3C=CC=C[NH+]3C=C[NH+]2C=C1.[Br-].[Br-]. The number of rotatable bonds is 0. The molecule has 0 spiro atoms. The molecule has 0 aromatic heterocycles. The third kappa shape index (κ3) is 2.20. The van der Waals surface area contributed by atoms with Gasteiger partial charge in [0.1, 0.15) is 12.4 Å². The van der Waals surface area contributed by atoms with Gasteiger partial charge in [-0.15, -0.1) is 0 Å². The molecule has 0 amide bonds. The maximum absolute atomic E-state index is 2.18. The summed E-state index contributed by atoms with van der Waals surface area (Å²) in [4.78, 5) is 2.62. The summed E-state index contributed by atoms with van der Waals surface area (Å²) >= 11 is 0. The maximum Gasteiger partial charge on any atom is 0.202 e. The highest BCUT2D eigenvalue weighted by molar-refractivity contribution is 5.31. The molecule has 2 N–H and O–H groups in total. The van der Waals surface area contributed by atoms with Crippen LogP contribution in [0.15, 0.2) is 72.7 Å². The number of hydrogen-bond acceptors (Lipinski definition) is 0. The number of allylic oxidation sites excluding steroid dienone is 6. The standard InChI is InChI=1S/C12H10N2.2BrH/c1-3-7-13-9-10-14-8-4-2-6-12(14)11(13)5-1;;/h1-10H;2*1H. The first-order valence-electron chi connectivity index (χ1n) is 4.82. The third-order valence-electron chi connectivity index (χ3n) is 2.65. The van der Waals surface area contributed by atoms with Gasteiger partial charge in [-0.1, -0.05) is 12.2 Å². The Morgan fingerprint density at radius 3 is 1.44 bits per heavy atom. The Hall–Kier alpha value is -0.680. The van der Waals surface area contributed by atoms with Crippen molar-refractivity contribution in [1.29, 1.82) is 0 Å². The molecule has 0 saturated heterocycles. The normalized spacial score (nSPS) is 28.0. The van der Waals surface area contributed by atoms with E-state index in [1.54, 1.807) is 0 Å². The minimum Gasteiger partial charge on any atom is -1.00 e. The van der Waals surface area contributed by atoms with E-state index in [4.69, 9.17) is 0 Å². The molecule has 3 heterocycles. The topological polar surface area (TPSA) is 8.88 Å². The van der Waals surface area contributed by atoms with Crippen molar-refractivity contribution in [2.75, 3.05) is 0 Å². The third-order valence-corrected chi connectivity index (χ3v) is 2.65. The van der Waals surface area contributed by atoms with E-state index in [1.807, 2.05) is 0 Å². The number of hydrogen-bond donors (Lipinski definition) is 2. The van der Waals surface area contributed by atoms with Crippen LogP contribution in [0.4, 0.5) is 0 Å². The fourth-order valence-electron chi connectivity index (χ4n) is 1.95. The van der Waals surface area contributed by atoms with Crippen LogP contribution in [0.1, 0.15) is 0 Å². The number of fused-ring (bicyclic) bond motifs is 2. The Kier molecular flexibility index (Phi) is 4.68. The molecule has 0 bridgehead atoms. The molecule has 0 fully saturated rings. The molecule has 2 nitrogen and oxygen atoms in total. The van der Waals surface area contributed by atoms with Crippen LogP contribution in [0.2, 0.25) is 0 Å². The molecule has 3 rings (SSSR count). The van der Waals surface area contributed by atoms with Crippen molar-refractivity contribution >= 4 is 0 Å². The molecule has 0 saturated carbocycles. The van der Waals surface area contributed by atoms with Crippen molar-refractivity contribution in [3.05, 3.63) is 72.7 Å². The number of nitrogens with one attached hydrogen (secondary N) is 2. The van der Waals surface area contributed by atoms with Crippen molar-refractivity contribution < 1.29 is 43.8 Å². The van der Waals surface area contributed by atoms with E-state index in [0.29, 0.717) is 0 Å². The van der Waals surface area contributed by atoms with Gasteiger partial charge in [-0.05, 0) is 12.2 Å². The summed E-state index contributed by atoms with van der Waals surface area (Å²) < 4.78 is 0. The van der Waals surface area contributed by atoms with Gasteiger partial charge in [0.25, 0.3) is 0 Å². The van der Waals surface area contributed by atoms with E-state index >= 15 is 0 Å². The van der Waals surface area contributed by atoms with E-state index in [9.17, 15) is 0 Å². The first-order valence-corrected chi connectivity index (χ1v) is 4.82. The summed E-state index contributed by atoms with van der Waals surface area (Å²) in [7, 11) is 0. The molecule has 0 aromatic carbocycles. The molecule has 2 unspecified atom stereocenters. The number of halogens is 2.